The van der Waals surface area contributed by atoms with E-state index >= 15 is 0 Å². The Hall–Kier alpha value is -3.43. The monoisotopic (exact) mass is 450 g/mol. The molecule has 0 bridgehead atoms. The van der Waals surface area contributed by atoms with Crippen LogP contribution in [0.15, 0.2) is 42.5 Å². The summed E-state index contributed by atoms with van der Waals surface area (Å²) in [5, 5.41) is 2.68. The number of carbonyl (C=O) groups excluding carboxylic acids is 2. The van der Waals surface area contributed by atoms with Crippen molar-refractivity contribution in [2.24, 2.45) is 5.92 Å². The largest absolute Gasteiger partial charge is 0.573 e. The Kier molecular flexibility index (Phi) is 6.11. The molecule has 0 aromatic heterocycles. The number of rotatable bonds is 5. The minimum atomic E-state index is -4.79. The molecule has 2 aromatic carbocycles. The first-order chi connectivity index (χ1) is 15.3. The lowest BCUT2D eigenvalue weighted by Crippen LogP contribution is -2.39. The average molecular weight is 450 g/mol. The summed E-state index contributed by atoms with van der Waals surface area (Å²) < 4.78 is 52.5. The van der Waals surface area contributed by atoms with Gasteiger partial charge in [0.05, 0.1) is 12.3 Å². The molecule has 0 spiro atoms. The van der Waals surface area contributed by atoms with Gasteiger partial charge in [0, 0.05) is 18.7 Å². The number of hydrogen-bond donors (Lipinski definition) is 1. The van der Waals surface area contributed by atoms with Gasteiger partial charge in [0.2, 0.25) is 0 Å². The number of benzene rings is 2. The normalized spacial score (nSPS) is 16.6. The van der Waals surface area contributed by atoms with Gasteiger partial charge in [-0.2, -0.15) is 0 Å². The third kappa shape index (κ3) is 5.24. The molecule has 1 N–H and O–H groups in total. The van der Waals surface area contributed by atoms with Gasteiger partial charge >= 0.3 is 6.36 Å². The van der Waals surface area contributed by atoms with E-state index in [1.165, 1.54) is 18.2 Å². The van der Waals surface area contributed by atoms with E-state index in [-0.39, 0.29) is 42.4 Å². The van der Waals surface area contributed by atoms with E-state index in [0.717, 1.165) is 0 Å². The SMILES string of the molecule is O=C1COc2ccc(C(=O)N3CCC(COc4ccccc4OC(F)(F)F)CC3)cc2N1. The highest BCUT2D eigenvalue weighted by molar-refractivity contribution is 5.99. The van der Waals surface area contributed by atoms with Crippen LogP contribution in [0.4, 0.5) is 18.9 Å². The molecule has 2 aliphatic heterocycles. The Bertz CT molecular complexity index is 1000. The first kappa shape index (κ1) is 21.8. The zero-order valence-electron chi connectivity index (χ0n) is 17.0. The van der Waals surface area contributed by atoms with Crippen LogP contribution < -0.4 is 19.5 Å². The van der Waals surface area contributed by atoms with E-state index in [1.54, 1.807) is 29.2 Å². The van der Waals surface area contributed by atoms with Gasteiger partial charge in [0.1, 0.15) is 5.75 Å². The predicted octanol–water partition coefficient (Wildman–Crippen LogP) is 3.85. The molecule has 32 heavy (non-hydrogen) atoms. The van der Waals surface area contributed by atoms with Crippen LogP contribution in [0.3, 0.4) is 0 Å². The fraction of sp³-hybridized carbons (Fsp3) is 0.364. The quantitative estimate of drug-likeness (QED) is 0.749. The van der Waals surface area contributed by atoms with Crippen molar-refractivity contribution in [1.82, 2.24) is 4.90 Å². The van der Waals surface area contributed by atoms with Crippen molar-refractivity contribution in [3.63, 3.8) is 0 Å². The number of para-hydroxylation sites is 2. The average Bonchev–Trinajstić information content (AvgIpc) is 2.77. The first-order valence-corrected chi connectivity index (χ1v) is 10.1. The second-order valence-electron chi connectivity index (χ2n) is 7.59. The molecule has 2 aromatic rings. The summed E-state index contributed by atoms with van der Waals surface area (Å²) in [6.45, 7) is 1.16. The van der Waals surface area contributed by atoms with Crippen molar-refractivity contribution in [3.05, 3.63) is 48.0 Å². The van der Waals surface area contributed by atoms with Crippen LogP contribution in [0.5, 0.6) is 17.2 Å². The summed E-state index contributed by atoms with van der Waals surface area (Å²) in [6, 6.07) is 10.6. The van der Waals surface area contributed by atoms with Crippen molar-refractivity contribution in [1.29, 1.82) is 0 Å². The molecule has 7 nitrogen and oxygen atoms in total. The van der Waals surface area contributed by atoms with E-state index in [0.29, 0.717) is 42.9 Å². The lowest BCUT2D eigenvalue weighted by Gasteiger charge is -2.32. The van der Waals surface area contributed by atoms with Crippen molar-refractivity contribution < 1.29 is 37.0 Å². The van der Waals surface area contributed by atoms with E-state index < -0.39 is 6.36 Å². The molecule has 0 radical (unpaired) electrons. The Morgan fingerprint density at radius 1 is 1.12 bits per heavy atom. The maximum Gasteiger partial charge on any atom is 0.573 e. The van der Waals surface area contributed by atoms with Crippen LogP contribution in [0.2, 0.25) is 0 Å². The van der Waals surface area contributed by atoms with Gasteiger partial charge in [-0.25, -0.2) is 0 Å². The second-order valence-corrected chi connectivity index (χ2v) is 7.59. The maximum absolute atomic E-state index is 12.8. The molecule has 170 valence electrons. The summed E-state index contributed by atoms with van der Waals surface area (Å²) in [4.78, 5) is 26.1. The fourth-order valence-corrected chi connectivity index (χ4v) is 3.69. The van der Waals surface area contributed by atoms with Crippen molar-refractivity contribution in [3.8, 4) is 17.2 Å². The molecular weight excluding hydrogens is 429 g/mol. The standard InChI is InChI=1S/C22H21F3N2O5/c23-22(24,25)32-19-4-2-1-3-18(19)30-12-14-7-9-27(10-8-14)21(29)15-5-6-17-16(11-15)26-20(28)13-31-17/h1-6,11,14H,7-10,12-13H2,(H,26,28). The first-order valence-electron chi connectivity index (χ1n) is 10.1. The number of nitrogens with zero attached hydrogens (tertiary/aromatic N) is 1. The Morgan fingerprint density at radius 2 is 1.84 bits per heavy atom. The van der Waals surface area contributed by atoms with E-state index in [4.69, 9.17) is 9.47 Å². The topological polar surface area (TPSA) is 77.1 Å². The summed E-state index contributed by atoms with van der Waals surface area (Å²) in [6.07, 6.45) is -3.49. The number of amides is 2. The van der Waals surface area contributed by atoms with Gasteiger partial charge in [-0.1, -0.05) is 12.1 Å². The van der Waals surface area contributed by atoms with Crippen LogP contribution in [0.1, 0.15) is 23.2 Å². The predicted molar refractivity (Wildman–Crippen MR) is 108 cm³/mol. The van der Waals surface area contributed by atoms with Gasteiger partial charge in [-0.15, -0.1) is 13.2 Å². The molecule has 1 saturated heterocycles. The lowest BCUT2D eigenvalue weighted by molar-refractivity contribution is -0.275. The Balaban J connectivity index is 1.31. The fourth-order valence-electron chi connectivity index (χ4n) is 3.69. The molecule has 10 heteroatoms. The molecule has 0 aliphatic carbocycles. The highest BCUT2D eigenvalue weighted by atomic mass is 19.4. The minimum Gasteiger partial charge on any atom is -0.489 e. The number of ether oxygens (including phenoxy) is 3. The highest BCUT2D eigenvalue weighted by Crippen LogP contribution is 2.33. The summed E-state index contributed by atoms with van der Waals surface area (Å²) in [5.41, 5.74) is 0.914. The van der Waals surface area contributed by atoms with Gasteiger partial charge < -0.3 is 24.4 Å². The van der Waals surface area contributed by atoms with Crippen molar-refractivity contribution in [2.75, 3.05) is 31.6 Å². The lowest BCUT2D eigenvalue weighted by atomic mass is 9.97. The van der Waals surface area contributed by atoms with Gasteiger partial charge in [0.15, 0.2) is 18.1 Å². The number of alkyl halides is 3. The van der Waals surface area contributed by atoms with Crippen LogP contribution in [0.25, 0.3) is 0 Å². The molecule has 2 heterocycles. The third-order valence-corrected chi connectivity index (χ3v) is 5.31. The molecule has 0 atom stereocenters. The number of fused-ring (bicyclic) bond motifs is 1. The minimum absolute atomic E-state index is 0.0293. The van der Waals surface area contributed by atoms with Gasteiger partial charge in [0.25, 0.3) is 11.8 Å². The molecule has 2 amide bonds. The third-order valence-electron chi connectivity index (χ3n) is 5.31. The van der Waals surface area contributed by atoms with Gasteiger partial charge in [-0.05, 0) is 49.1 Å². The number of anilines is 1. The van der Waals surface area contributed by atoms with E-state index in [2.05, 4.69) is 10.1 Å². The van der Waals surface area contributed by atoms with Crippen LogP contribution in [-0.4, -0.2) is 49.4 Å². The summed E-state index contributed by atoms with van der Waals surface area (Å²) in [7, 11) is 0. The Labute approximate surface area is 182 Å². The highest BCUT2D eigenvalue weighted by Gasteiger charge is 2.32. The molecular formula is C22H21F3N2O5. The number of likely N-dealkylation sites (tertiary alicyclic amines) is 1. The number of piperidine rings is 1. The van der Waals surface area contributed by atoms with E-state index in [9.17, 15) is 22.8 Å². The zero-order valence-corrected chi connectivity index (χ0v) is 17.0. The number of halogens is 3. The van der Waals surface area contributed by atoms with Crippen molar-refractivity contribution in [2.45, 2.75) is 19.2 Å². The number of hydrogen-bond acceptors (Lipinski definition) is 5. The zero-order chi connectivity index (χ0) is 22.7. The number of carbonyl (C=O) groups is 2. The van der Waals surface area contributed by atoms with Crippen molar-refractivity contribution >= 4 is 17.5 Å². The summed E-state index contributed by atoms with van der Waals surface area (Å²) in [5.74, 6) is -0.167. The second kappa shape index (κ2) is 8.97. The molecule has 0 unspecified atom stereocenters. The van der Waals surface area contributed by atoms with Crippen LogP contribution in [-0.2, 0) is 4.79 Å². The smallest absolute Gasteiger partial charge is 0.489 e. The number of nitrogens with one attached hydrogen (secondary N) is 1. The molecule has 0 saturated carbocycles. The maximum atomic E-state index is 12.8. The van der Waals surface area contributed by atoms with Crippen LogP contribution >= 0.6 is 0 Å². The molecule has 1 fully saturated rings. The summed E-state index contributed by atoms with van der Waals surface area (Å²) >= 11 is 0. The van der Waals surface area contributed by atoms with Crippen LogP contribution in [0, 0.1) is 5.92 Å². The van der Waals surface area contributed by atoms with E-state index in [1.807, 2.05) is 0 Å². The Morgan fingerprint density at radius 3 is 2.56 bits per heavy atom. The molecule has 2 aliphatic rings. The van der Waals surface area contributed by atoms with Gasteiger partial charge in [-0.3, -0.25) is 9.59 Å². The molecule has 4 rings (SSSR count).